The van der Waals surface area contributed by atoms with E-state index in [1.807, 2.05) is 6.08 Å². The molecule has 1 saturated carbocycles. The maximum Gasteiger partial charge on any atom is 0.342 e. The third-order valence-corrected chi connectivity index (χ3v) is 5.22. The van der Waals surface area contributed by atoms with Crippen molar-refractivity contribution >= 4 is 17.6 Å². The Morgan fingerprint density at radius 2 is 2.04 bits per heavy atom. The lowest BCUT2D eigenvalue weighted by Gasteiger charge is -2.17. The van der Waals surface area contributed by atoms with Crippen LogP contribution in [0.4, 0.5) is 0 Å². The summed E-state index contributed by atoms with van der Waals surface area (Å²) in [5.41, 5.74) is 0.139. The molecule has 7 heteroatoms. The number of hydrogen-bond donors (Lipinski definition) is 2. The van der Waals surface area contributed by atoms with Crippen LogP contribution >= 0.6 is 11.6 Å². The average molecular weight is 378 g/mol. The van der Waals surface area contributed by atoms with Crippen LogP contribution in [0.3, 0.4) is 0 Å². The Morgan fingerprint density at radius 3 is 2.77 bits per heavy atom. The van der Waals surface area contributed by atoms with Crippen molar-refractivity contribution in [3.8, 4) is 11.5 Å². The molecule has 1 aromatic rings. The lowest BCUT2D eigenvalue weighted by Crippen LogP contribution is -2.18. The molecule has 1 heterocycles. The number of nitroso groups, excluding NO2 is 1. The van der Waals surface area contributed by atoms with Gasteiger partial charge in [0.05, 0.1) is 16.8 Å². The van der Waals surface area contributed by atoms with Gasteiger partial charge in [-0.3, -0.25) is 0 Å². The Balaban J connectivity index is 2.04. The number of carbonyl (C=O) groups excluding carboxylic acids is 1. The first-order valence-electron chi connectivity index (χ1n) is 8.54. The zero-order valence-corrected chi connectivity index (χ0v) is 15.1. The van der Waals surface area contributed by atoms with Crippen LogP contribution < -0.4 is 0 Å². The number of ether oxygens (including phenoxy) is 1. The number of allylic oxidation sites excluding steroid dienone is 4. The van der Waals surface area contributed by atoms with Crippen molar-refractivity contribution in [1.29, 1.82) is 0 Å². The van der Waals surface area contributed by atoms with E-state index < -0.39 is 11.7 Å². The molecule has 0 bridgehead atoms. The average Bonchev–Trinajstić information content (AvgIpc) is 3.31. The van der Waals surface area contributed by atoms with Gasteiger partial charge < -0.3 is 14.9 Å². The monoisotopic (exact) mass is 377 g/mol. The molecule has 0 amide bonds. The number of cyclic esters (lactones) is 1. The second kappa shape index (κ2) is 7.50. The van der Waals surface area contributed by atoms with E-state index in [0.29, 0.717) is 18.3 Å². The van der Waals surface area contributed by atoms with Crippen molar-refractivity contribution < 1.29 is 19.7 Å². The zero-order valence-electron chi connectivity index (χ0n) is 14.3. The number of aromatic hydroxyl groups is 2. The third-order valence-electron chi connectivity index (χ3n) is 4.79. The van der Waals surface area contributed by atoms with Crippen molar-refractivity contribution in [1.82, 2.24) is 0 Å². The van der Waals surface area contributed by atoms with Crippen molar-refractivity contribution in [2.75, 3.05) is 0 Å². The van der Waals surface area contributed by atoms with Gasteiger partial charge in [-0.2, -0.15) is 0 Å². The second-order valence-electron chi connectivity index (χ2n) is 6.82. The van der Waals surface area contributed by atoms with Gasteiger partial charge in [0, 0.05) is 12.5 Å². The third kappa shape index (κ3) is 3.90. The summed E-state index contributed by atoms with van der Waals surface area (Å²) in [5, 5.41) is 22.9. The molecular formula is C19H20ClNO5. The molecule has 1 aliphatic heterocycles. The van der Waals surface area contributed by atoms with Gasteiger partial charge in [-0.25, -0.2) is 4.79 Å². The Labute approximate surface area is 156 Å². The summed E-state index contributed by atoms with van der Waals surface area (Å²) >= 11 is 6.13. The van der Waals surface area contributed by atoms with Crippen LogP contribution in [0, 0.1) is 16.7 Å². The normalized spacial score (nSPS) is 29.2. The number of nitrogens with zero attached hydrogens (tertiary/aromatic N) is 1. The molecule has 0 unspecified atom stereocenters. The topological polar surface area (TPSA) is 96.2 Å². The molecule has 1 aliphatic carbocycles. The molecule has 0 radical (unpaired) electrons. The Morgan fingerprint density at radius 1 is 1.27 bits per heavy atom. The predicted octanol–water partition coefficient (Wildman–Crippen LogP) is 4.48. The molecule has 1 fully saturated rings. The fourth-order valence-corrected chi connectivity index (χ4v) is 3.57. The smallest absolute Gasteiger partial charge is 0.342 e. The maximum absolute atomic E-state index is 12.6. The molecule has 1 aromatic carbocycles. The first kappa shape index (κ1) is 18.5. The van der Waals surface area contributed by atoms with E-state index in [-0.39, 0.29) is 40.1 Å². The van der Waals surface area contributed by atoms with Crippen molar-refractivity contribution in [2.24, 2.45) is 17.0 Å². The highest BCUT2D eigenvalue weighted by atomic mass is 35.5. The minimum atomic E-state index is -0.734. The predicted molar refractivity (Wildman–Crippen MR) is 97.2 cm³/mol. The summed E-state index contributed by atoms with van der Waals surface area (Å²) in [6, 6.07) is 0.994. The Bertz CT molecular complexity index is 802. The number of phenolic OH excluding ortho intramolecular Hbond substituents is 2. The van der Waals surface area contributed by atoms with Gasteiger partial charge >= 0.3 is 5.97 Å². The molecule has 3 rings (SSSR count). The number of hydrogen-bond acceptors (Lipinski definition) is 6. The number of benzene rings is 1. The van der Waals surface area contributed by atoms with Crippen molar-refractivity contribution in [2.45, 2.75) is 38.7 Å². The molecule has 6 nitrogen and oxygen atoms in total. The van der Waals surface area contributed by atoms with Crippen LogP contribution in [0.15, 0.2) is 35.2 Å². The van der Waals surface area contributed by atoms with Crippen LogP contribution in [0.2, 0.25) is 5.02 Å². The van der Waals surface area contributed by atoms with E-state index in [9.17, 15) is 19.9 Å². The lowest BCUT2D eigenvalue weighted by molar-refractivity contribution is 0.0307. The molecular weight excluding hydrogens is 358 g/mol. The van der Waals surface area contributed by atoms with E-state index in [1.54, 1.807) is 13.0 Å². The van der Waals surface area contributed by atoms with Gasteiger partial charge in [-0.05, 0) is 48.8 Å². The fraction of sp³-hybridized carbons (Fsp3) is 0.421. The minimum Gasteiger partial charge on any atom is -0.507 e. The summed E-state index contributed by atoms with van der Waals surface area (Å²) in [6.07, 6.45) is 7.63. The van der Waals surface area contributed by atoms with Crippen molar-refractivity contribution in [3.63, 3.8) is 0 Å². The zero-order chi connectivity index (χ0) is 18.8. The lowest BCUT2D eigenvalue weighted by atomic mass is 10.00. The number of fused-ring (bicyclic) bond motifs is 2. The Kier molecular flexibility index (Phi) is 5.32. The fourth-order valence-electron chi connectivity index (χ4n) is 3.35. The molecule has 2 N–H and O–H groups in total. The molecule has 26 heavy (non-hydrogen) atoms. The van der Waals surface area contributed by atoms with Crippen molar-refractivity contribution in [3.05, 3.63) is 51.0 Å². The maximum atomic E-state index is 12.6. The minimum absolute atomic E-state index is 0.0942. The molecule has 138 valence electrons. The number of esters is 1. The number of phenols is 2. The first-order valence-corrected chi connectivity index (χ1v) is 8.91. The molecule has 0 saturated heterocycles. The van der Waals surface area contributed by atoms with Gasteiger partial charge in [-0.15, -0.1) is 4.91 Å². The number of halogens is 1. The van der Waals surface area contributed by atoms with Crippen LogP contribution in [-0.4, -0.2) is 22.3 Å². The van der Waals surface area contributed by atoms with Gasteiger partial charge in [0.2, 0.25) is 0 Å². The van der Waals surface area contributed by atoms with E-state index in [1.165, 1.54) is 0 Å². The number of rotatable bonds is 1. The summed E-state index contributed by atoms with van der Waals surface area (Å²) in [7, 11) is 0. The quantitative estimate of drug-likeness (QED) is 0.427. The number of carbonyl (C=O) groups is 1. The molecule has 0 spiro atoms. The van der Waals surface area contributed by atoms with E-state index in [0.717, 1.165) is 18.9 Å². The second-order valence-corrected chi connectivity index (χ2v) is 7.20. The van der Waals surface area contributed by atoms with Gasteiger partial charge in [0.25, 0.3) is 0 Å². The van der Waals surface area contributed by atoms with Gasteiger partial charge in [0.1, 0.15) is 17.1 Å². The highest BCUT2D eigenvalue weighted by Gasteiger charge is 2.36. The van der Waals surface area contributed by atoms with E-state index in [2.05, 4.69) is 11.3 Å². The van der Waals surface area contributed by atoms with E-state index in [4.69, 9.17) is 16.3 Å². The summed E-state index contributed by atoms with van der Waals surface area (Å²) in [5.74, 6) is -0.633. The van der Waals surface area contributed by atoms with Gasteiger partial charge in [0.15, 0.2) is 0 Å². The largest absolute Gasteiger partial charge is 0.507 e. The van der Waals surface area contributed by atoms with Crippen LogP contribution in [-0.2, 0) is 11.2 Å². The Hall–Kier alpha value is -2.34. The molecule has 3 atom stereocenters. The SMILES string of the molecule is C[C@@H]1C[C@H]2C[C@@H]2/C=C\C/C=C(/N=O)Cc2c(Cl)c(O)cc(O)c2C(=O)O1. The standard InChI is InChI=1S/C19H20ClNO5/c1-10-6-12-7-11(12)4-2-3-5-13(21-25)8-14-17(19(24)26-10)15(22)9-16(23)18(14)20/h2,4-5,9-12,22-23H,3,6-8H2,1H3/b4-2-,13-5+/t10-,11+,12+/m1/s1. The summed E-state index contributed by atoms with van der Waals surface area (Å²) < 4.78 is 5.47. The van der Waals surface area contributed by atoms with Gasteiger partial charge in [-0.1, -0.05) is 29.8 Å². The molecule has 0 aromatic heterocycles. The first-order chi connectivity index (χ1) is 12.4. The van der Waals surface area contributed by atoms with Crippen LogP contribution in [0.25, 0.3) is 0 Å². The van der Waals surface area contributed by atoms with E-state index >= 15 is 0 Å². The van der Waals surface area contributed by atoms with Crippen LogP contribution in [0.5, 0.6) is 11.5 Å². The molecule has 2 aliphatic rings. The highest BCUT2D eigenvalue weighted by molar-refractivity contribution is 6.33. The van der Waals surface area contributed by atoms with Crippen LogP contribution in [0.1, 0.15) is 42.1 Å². The summed E-state index contributed by atoms with van der Waals surface area (Å²) in [4.78, 5) is 23.8. The highest BCUT2D eigenvalue weighted by Crippen LogP contribution is 2.44. The summed E-state index contributed by atoms with van der Waals surface area (Å²) in [6.45, 7) is 1.81.